The maximum Gasteiger partial charge on any atom is 0.332 e. The van der Waals surface area contributed by atoms with Crippen LogP contribution in [0.1, 0.15) is 18.2 Å². The van der Waals surface area contributed by atoms with Gasteiger partial charge >= 0.3 is 5.69 Å². The van der Waals surface area contributed by atoms with Gasteiger partial charge in [-0.2, -0.15) is 0 Å². The first-order chi connectivity index (χ1) is 8.99. The van der Waals surface area contributed by atoms with Crippen molar-refractivity contribution in [1.29, 1.82) is 5.53 Å². The van der Waals surface area contributed by atoms with Crippen LogP contribution in [0.5, 0.6) is 0 Å². The quantitative estimate of drug-likeness (QED) is 0.529. The molecule has 9 nitrogen and oxygen atoms in total. The maximum absolute atomic E-state index is 11.8. The van der Waals surface area contributed by atoms with Gasteiger partial charge in [0.2, 0.25) is 0 Å². The average Bonchev–Trinajstić information content (AvgIpc) is 2.74. The molecule has 0 unspecified atom stereocenters. The third-order valence-corrected chi connectivity index (χ3v) is 3.12. The van der Waals surface area contributed by atoms with E-state index in [2.05, 4.69) is 10.1 Å². The zero-order chi connectivity index (χ0) is 14.2. The summed E-state index contributed by atoms with van der Waals surface area (Å²) in [7, 11) is 0. The van der Waals surface area contributed by atoms with E-state index in [0.717, 1.165) is 4.57 Å². The average molecular weight is 270 g/mol. The highest BCUT2D eigenvalue weighted by atomic mass is 16.5. The summed E-state index contributed by atoms with van der Waals surface area (Å²) in [6.07, 6.45) is -2.53. The van der Waals surface area contributed by atoms with E-state index in [-0.39, 0.29) is 24.4 Å². The zero-order valence-electron chi connectivity index (χ0n) is 10.2. The zero-order valence-corrected chi connectivity index (χ0v) is 10.2. The molecule has 0 aromatic carbocycles. The minimum absolute atomic E-state index is 0.0686. The topological polar surface area (TPSA) is 141 Å². The van der Waals surface area contributed by atoms with Crippen molar-refractivity contribution in [1.82, 2.24) is 9.55 Å². The second-order valence-electron chi connectivity index (χ2n) is 4.30. The minimum atomic E-state index is -0.923. The Kier molecular flexibility index (Phi) is 3.60. The van der Waals surface area contributed by atoms with Crippen LogP contribution in [0.4, 0.5) is 5.82 Å². The number of nitrogens with one attached hydrogen (secondary N) is 2. The van der Waals surface area contributed by atoms with Crippen molar-refractivity contribution >= 4 is 5.82 Å². The van der Waals surface area contributed by atoms with E-state index in [1.54, 1.807) is 0 Å². The lowest BCUT2D eigenvalue weighted by molar-refractivity contribution is -0.0453. The van der Waals surface area contributed by atoms with Crippen LogP contribution in [0.15, 0.2) is 14.7 Å². The van der Waals surface area contributed by atoms with E-state index in [0.29, 0.717) is 0 Å². The molecular weight excluding hydrogens is 256 g/mol. The standard InChI is InChI=1S/C10H14N4O5/c1-4-8(13-11)14(10(18)12-9(4)17)7-2-5(16)6(3-15)19-7/h5-7,11,15-16H,2-3H2,1H3,(H,12,17,18)/t5-,6+,7+/m0/s1. The summed E-state index contributed by atoms with van der Waals surface area (Å²) in [6.45, 7) is 1.04. The van der Waals surface area contributed by atoms with Gasteiger partial charge in [-0.3, -0.25) is 9.78 Å². The van der Waals surface area contributed by atoms with Gasteiger partial charge in [-0.15, -0.1) is 5.11 Å². The largest absolute Gasteiger partial charge is 0.394 e. The van der Waals surface area contributed by atoms with Gasteiger partial charge in [-0.1, -0.05) is 0 Å². The van der Waals surface area contributed by atoms with Crippen LogP contribution in [0.2, 0.25) is 0 Å². The van der Waals surface area contributed by atoms with Crippen LogP contribution in [-0.2, 0) is 4.74 Å². The van der Waals surface area contributed by atoms with E-state index in [9.17, 15) is 14.7 Å². The summed E-state index contributed by atoms with van der Waals surface area (Å²) in [5.41, 5.74) is 5.80. The predicted octanol–water partition coefficient (Wildman–Crippen LogP) is -0.852. The number of H-pyrrole nitrogens is 1. The summed E-state index contributed by atoms with van der Waals surface area (Å²) in [6, 6.07) is 0. The molecule has 0 amide bonds. The highest BCUT2D eigenvalue weighted by molar-refractivity contribution is 5.35. The Balaban J connectivity index is 2.52. The molecule has 1 aliphatic rings. The maximum atomic E-state index is 11.8. The van der Waals surface area contributed by atoms with Crippen LogP contribution in [-0.4, -0.2) is 38.6 Å². The SMILES string of the molecule is Cc1c(N=N)n([C@H]2C[C@H](O)[C@@H](CO)O2)c(=O)[nH]c1=O. The second kappa shape index (κ2) is 5.03. The number of hydrogen-bond donors (Lipinski definition) is 4. The monoisotopic (exact) mass is 270 g/mol. The molecule has 1 aromatic heterocycles. The van der Waals surface area contributed by atoms with E-state index in [1.807, 2.05) is 0 Å². The van der Waals surface area contributed by atoms with Gasteiger partial charge < -0.3 is 14.9 Å². The summed E-state index contributed by atoms with van der Waals surface area (Å²) in [4.78, 5) is 25.3. The molecule has 0 spiro atoms. The van der Waals surface area contributed by atoms with E-state index in [4.69, 9.17) is 15.4 Å². The smallest absolute Gasteiger partial charge is 0.332 e. The van der Waals surface area contributed by atoms with Crippen molar-refractivity contribution < 1.29 is 14.9 Å². The van der Waals surface area contributed by atoms with Crippen LogP contribution >= 0.6 is 0 Å². The molecule has 1 aromatic rings. The van der Waals surface area contributed by atoms with Crippen molar-refractivity contribution in [2.24, 2.45) is 5.11 Å². The van der Waals surface area contributed by atoms with Crippen molar-refractivity contribution in [3.8, 4) is 0 Å². The van der Waals surface area contributed by atoms with Gasteiger partial charge in [-0.25, -0.2) is 14.9 Å². The van der Waals surface area contributed by atoms with Gasteiger partial charge in [-0.05, 0) is 6.92 Å². The van der Waals surface area contributed by atoms with Crippen LogP contribution in [0.3, 0.4) is 0 Å². The molecule has 9 heteroatoms. The first-order valence-electron chi connectivity index (χ1n) is 5.66. The number of nitrogens with zero attached hydrogens (tertiary/aromatic N) is 2. The normalized spacial score (nSPS) is 26.6. The fourth-order valence-corrected chi connectivity index (χ4v) is 2.07. The summed E-state index contributed by atoms with van der Waals surface area (Å²) in [5.74, 6) is -0.121. The van der Waals surface area contributed by atoms with Crippen molar-refractivity contribution in [2.75, 3.05) is 6.61 Å². The molecule has 3 atom stereocenters. The number of hydrogen-bond acceptors (Lipinski definition) is 7. The number of rotatable bonds is 3. The minimum Gasteiger partial charge on any atom is -0.394 e. The predicted molar refractivity (Wildman–Crippen MR) is 62.5 cm³/mol. The molecule has 19 heavy (non-hydrogen) atoms. The molecule has 1 aliphatic heterocycles. The number of aliphatic hydroxyl groups excluding tert-OH is 2. The first-order valence-corrected chi connectivity index (χ1v) is 5.66. The number of aromatic amines is 1. The Morgan fingerprint density at radius 1 is 1.58 bits per heavy atom. The molecular formula is C10H14N4O5. The third kappa shape index (κ3) is 2.23. The van der Waals surface area contributed by atoms with Gasteiger partial charge in [0.1, 0.15) is 12.3 Å². The molecule has 4 N–H and O–H groups in total. The lowest BCUT2D eigenvalue weighted by atomic mass is 10.2. The van der Waals surface area contributed by atoms with Gasteiger partial charge in [0, 0.05) is 6.42 Å². The molecule has 2 heterocycles. The molecule has 2 rings (SSSR count). The molecule has 104 valence electrons. The Hall–Kier alpha value is -1.84. The molecule has 0 radical (unpaired) electrons. The van der Waals surface area contributed by atoms with E-state index in [1.165, 1.54) is 6.92 Å². The van der Waals surface area contributed by atoms with Gasteiger partial charge in [0.15, 0.2) is 5.82 Å². The fraction of sp³-hybridized carbons (Fsp3) is 0.600. The number of aromatic nitrogens is 2. The molecule has 0 aliphatic carbocycles. The van der Waals surface area contributed by atoms with Crippen molar-refractivity contribution in [3.05, 3.63) is 26.4 Å². The summed E-state index contributed by atoms with van der Waals surface area (Å²) in [5, 5.41) is 21.8. The van der Waals surface area contributed by atoms with Gasteiger partial charge in [0.25, 0.3) is 5.56 Å². The number of ether oxygens (including phenoxy) is 1. The Bertz CT molecular complexity index is 607. The van der Waals surface area contributed by atoms with Crippen LogP contribution < -0.4 is 11.2 Å². The highest BCUT2D eigenvalue weighted by Gasteiger charge is 2.36. The summed E-state index contributed by atoms with van der Waals surface area (Å²) < 4.78 is 6.33. The molecule has 0 bridgehead atoms. The Morgan fingerprint density at radius 2 is 2.26 bits per heavy atom. The van der Waals surface area contributed by atoms with E-state index >= 15 is 0 Å². The van der Waals surface area contributed by atoms with Crippen LogP contribution in [0.25, 0.3) is 0 Å². The highest BCUT2D eigenvalue weighted by Crippen LogP contribution is 2.30. The molecule has 1 saturated heterocycles. The lowest BCUT2D eigenvalue weighted by Gasteiger charge is -2.16. The van der Waals surface area contributed by atoms with Crippen molar-refractivity contribution in [3.63, 3.8) is 0 Å². The summed E-state index contributed by atoms with van der Waals surface area (Å²) >= 11 is 0. The number of aliphatic hydroxyl groups is 2. The van der Waals surface area contributed by atoms with Gasteiger partial charge in [0.05, 0.1) is 18.3 Å². The lowest BCUT2D eigenvalue weighted by Crippen LogP contribution is -2.34. The molecule has 1 fully saturated rings. The Labute approximate surface area is 107 Å². The third-order valence-electron chi connectivity index (χ3n) is 3.12. The Morgan fingerprint density at radius 3 is 2.79 bits per heavy atom. The van der Waals surface area contributed by atoms with Crippen LogP contribution in [0, 0.1) is 12.5 Å². The fourth-order valence-electron chi connectivity index (χ4n) is 2.07. The second-order valence-corrected chi connectivity index (χ2v) is 4.30. The van der Waals surface area contributed by atoms with Crippen molar-refractivity contribution in [2.45, 2.75) is 31.8 Å². The first kappa shape index (κ1) is 13.6. The van der Waals surface area contributed by atoms with E-state index < -0.39 is 29.7 Å². The molecule has 0 saturated carbocycles.